The Morgan fingerprint density at radius 3 is 2.29 bits per heavy atom. The molecular formula is C16H26N2O3. The van der Waals surface area contributed by atoms with E-state index in [1.54, 1.807) is 0 Å². The lowest BCUT2D eigenvalue weighted by atomic mass is 9.88. The SMILES string of the molecule is CC1(C)CC1CNC(=O)N1C2CCC1CC(CC(=O)O)C2. The number of nitrogens with zero attached hydrogens (tertiary/aromatic N) is 1. The van der Waals surface area contributed by atoms with Crippen molar-refractivity contribution in [3.63, 3.8) is 0 Å². The van der Waals surface area contributed by atoms with Gasteiger partial charge in [0.2, 0.25) is 0 Å². The topological polar surface area (TPSA) is 69.6 Å². The lowest BCUT2D eigenvalue weighted by Crippen LogP contribution is -2.51. The molecule has 0 aromatic carbocycles. The minimum Gasteiger partial charge on any atom is -0.481 e. The summed E-state index contributed by atoms with van der Waals surface area (Å²) in [6, 6.07) is 0.569. The highest BCUT2D eigenvalue weighted by Crippen LogP contribution is 2.51. The number of urea groups is 1. The molecule has 2 bridgehead atoms. The zero-order valence-electron chi connectivity index (χ0n) is 13.0. The van der Waals surface area contributed by atoms with Crippen molar-refractivity contribution in [3.8, 4) is 0 Å². The van der Waals surface area contributed by atoms with E-state index in [4.69, 9.17) is 5.11 Å². The summed E-state index contributed by atoms with van der Waals surface area (Å²) in [5.41, 5.74) is 0.390. The minimum absolute atomic E-state index is 0.0685. The van der Waals surface area contributed by atoms with E-state index in [0.29, 0.717) is 11.3 Å². The second-order valence-electron chi connectivity index (χ2n) is 7.80. The van der Waals surface area contributed by atoms with Gasteiger partial charge in [-0.05, 0) is 49.4 Å². The smallest absolute Gasteiger partial charge is 0.317 e. The molecule has 1 aliphatic carbocycles. The number of hydrogen-bond acceptors (Lipinski definition) is 2. The van der Waals surface area contributed by atoms with E-state index in [1.807, 2.05) is 4.90 Å². The number of carboxylic acids is 1. The molecule has 0 aromatic rings. The van der Waals surface area contributed by atoms with Gasteiger partial charge in [-0.3, -0.25) is 4.79 Å². The standard InChI is InChI=1S/C16H26N2O3/c1-16(2)8-11(16)9-17-15(21)18-12-3-4-13(18)6-10(5-12)7-14(19)20/h10-13H,3-9H2,1-2H3,(H,17,21)(H,19,20). The molecule has 3 aliphatic rings. The molecule has 2 N–H and O–H groups in total. The summed E-state index contributed by atoms with van der Waals surface area (Å²) >= 11 is 0. The fraction of sp³-hybridized carbons (Fsp3) is 0.875. The zero-order chi connectivity index (χ0) is 15.2. The summed E-state index contributed by atoms with van der Waals surface area (Å²) in [6.07, 6.45) is 5.21. The molecule has 2 aliphatic heterocycles. The van der Waals surface area contributed by atoms with E-state index in [2.05, 4.69) is 19.2 Å². The lowest BCUT2D eigenvalue weighted by Gasteiger charge is -2.38. The Labute approximate surface area is 126 Å². The van der Waals surface area contributed by atoms with Gasteiger partial charge in [-0.25, -0.2) is 4.79 Å². The first-order chi connectivity index (χ1) is 9.87. The van der Waals surface area contributed by atoms with Crippen LogP contribution in [-0.4, -0.2) is 40.6 Å². The van der Waals surface area contributed by atoms with Gasteiger partial charge in [0, 0.05) is 25.0 Å². The van der Waals surface area contributed by atoms with Crippen LogP contribution in [0.3, 0.4) is 0 Å². The fourth-order valence-electron chi connectivity index (χ4n) is 4.26. The van der Waals surface area contributed by atoms with Gasteiger partial charge in [0.1, 0.15) is 0 Å². The molecule has 3 fully saturated rings. The van der Waals surface area contributed by atoms with E-state index in [1.165, 1.54) is 6.42 Å². The molecule has 3 rings (SSSR count). The van der Waals surface area contributed by atoms with Crippen LogP contribution in [0.2, 0.25) is 0 Å². The summed E-state index contributed by atoms with van der Waals surface area (Å²) in [6.45, 7) is 5.26. The number of aliphatic carboxylic acids is 1. The lowest BCUT2D eigenvalue weighted by molar-refractivity contribution is -0.138. The molecule has 0 aromatic heterocycles. The van der Waals surface area contributed by atoms with Gasteiger partial charge in [-0.1, -0.05) is 13.8 Å². The van der Waals surface area contributed by atoms with Crippen molar-refractivity contribution in [1.82, 2.24) is 10.2 Å². The van der Waals surface area contributed by atoms with Gasteiger partial charge in [-0.15, -0.1) is 0 Å². The Hall–Kier alpha value is -1.26. The zero-order valence-corrected chi connectivity index (χ0v) is 13.0. The van der Waals surface area contributed by atoms with E-state index in [-0.39, 0.29) is 30.5 Å². The van der Waals surface area contributed by atoms with E-state index in [9.17, 15) is 9.59 Å². The molecule has 2 heterocycles. The molecule has 5 nitrogen and oxygen atoms in total. The van der Waals surface area contributed by atoms with Crippen molar-refractivity contribution in [2.75, 3.05) is 6.54 Å². The maximum Gasteiger partial charge on any atom is 0.317 e. The number of carbonyl (C=O) groups excluding carboxylic acids is 1. The molecular weight excluding hydrogens is 268 g/mol. The molecule has 0 radical (unpaired) electrons. The number of amides is 2. The van der Waals surface area contributed by atoms with Crippen molar-refractivity contribution < 1.29 is 14.7 Å². The van der Waals surface area contributed by atoms with Gasteiger partial charge >= 0.3 is 12.0 Å². The van der Waals surface area contributed by atoms with Crippen LogP contribution in [0.1, 0.15) is 52.4 Å². The van der Waals surface area contributed by atoms with Crippen LogP contribution in [-0.2, 0) is 4.79 Å². The highest BCUT2D eigenvalue weighted by Gasteiger charge is 2.47. The minimum atomic E-state index is -0.715. The molecule has 21 heavy (non-hydrogen) atoms. The summed E-state index contributed by atoms with van der Waals surface area (Å²) in [7, 11) is 0. The summed E-state index contributed by atoms with van der Waals surface area (Å²) in [5.74, 6) is 0.142. The second kappa shape index (κ2) is 5.18. The first-order valence-corrected chi connectivity index (χ1v) is 8.15. The number of nitrogens with one attached hydrogen (secondary N) is 1. The first-order valence-electron chi connectivity index (χ1n) is 8.15. The Morgan fingerprint density at radius 2 is 1.81 bits per heavy atom. The number of carbonyl (C=O) groups is 2. The van der Waals surface area contributed by atoms with E-state index < -0.39 is 5.97 Å². The van der Waals surface area contributed by atoms with Crippen LogP contribution < -0.4 is 5.32 Å². The first kappa shape index (κ1) is 14.7. The Morgan fingerprint density at radius 1 is 1.24 bits per heavy atom. The maximum absolute atomic E-state index is 12.4. The predicted octanol–water partition coefficient (Wildman–Crippen LogP) is 2.46. The third-order valence-electron chi connectivity index (χ3n) is 5.75. The molecule has 1 saturated carbocycles. The van der Waals surface area contributed by atoms with Gasteiger partial charge in [-0.2, -0.15) is 0 Å². The average molecular weight is 294 g/mol. The van der Waals surface area contributed by atoms with Crippen molar-refractivity contribution in [1.29, 1.82) is 0 Å². The van der Waals surface area contributed by atoms with Crippen LogP contribution >= 0.6 is 0 Å². The van der Waals surface area contributed by atoms with Crippen LogP contribution in [0.15, 0.2) is 0 Å². The van der Waals surface area contributed by atoms with E-state index >= 15 is 0 Å². The summed E-state index contributed by atoms with van der Waals surface area (Å²) in [5, 5.41) is 12.0. The molecule has 2 amide bonds. The van der Waals surface area contributed by atoms with Crippen LogP contribution in [0, 0.1) is 17.3 Å². The molecule has 118 valence electrons. The van der Waals surface area contributed by atoms with Gasteiger partial charge in [0.25, 0.3) is 0 Å². The summed E-state index contributed by atoms with van der Waals surface area (Å²) < 4.78 is 0. The number of rotatable bonds is 4. The van der Waals surface area contributed by atoms with Crippen molar-refractivity contribution in [3.05, 3.63) is 0 Å². The summed E-state index contributed by atoms with van der Waals surface area (Å²) in [4.78, 5) is 25.3. The van der Waals surface area contributed by atoms with Crippen molar-refractivity contribution >= 4 is 12.0 Å². The molecule has 0 spiro atoms. The Balaban J connectivity index is 1.52. The number of hydrogen-bond donors (Lipinski definition) is 2. The molecule has 2 saturated heterocycles. The third-order valence-corrected chi connectivity index (χ3v) is 5.75. The maximum atomic E-state index is 12.4. The number of carboxylic acid groups (broad SMARTS) is 1. The molecule has 3 unspecified atom stereocenters. The van der Waals surface area contributed by atoms with Crippen LogP contribution in [0.5, 0.6) is 0 Å². The fourth-order valence-corrected chi connectivity index (χ4v) is 4.26. The van der Waals surface area contributed by atoms with Crippen LogP contribution in [0.25, 0.3) is 0 Å². The highest BCUT2D eigenvalue weighted by molar-refractivity contribution is 5.75. The van der Waals surface area contributed by atoms with Crippen LogP contribution in [0.4, 0.5) is 4.79 Å². The molecule has 5 heteroatoms. The monoisotopic (exact) mass is 294 g/mol. The highest BCUT2D eigenvalue weighted by atomic mass is 16.4. The van der Waals surface area contributed by atoms with E-state index in [0.717, 1.165) is 32.2 Å². The predicted molar refractivity (Wildman–Crippen MR) is 78.9 cm³/mol. The molecule has 3 atom stereocenters. The van der Waals surface area contributed by atoms with Crippen molar-refractivity contribution in [2.45, 2.75) is 64.5 Å². The Kier molecular flexibility index (Phi) is 3.62. The normalized spacial score (nSPS) is 36.4. The number of fused-ring (bicyclic) bond motifs is 2. The van der Waals surface area contributed by atoms with Gasteiger partial charge in [0.05, 0.1) is 0 Å². The Bertz CT molecular complexity index is 435. The van der Waals surface area contributed by atoms with Crippen molar-refractivity contribution in [2.24, 2.45) is 17.3 Å². The third kappa shape index (κ3) is 3.01. The quantitative estimate of drug-likeness (QED) is 0.837. The largest absolute Gasteiger partial charge is 0.481 e. The number of piperidine rings is 1. The van der Waals surface area contributed by atoms with Gasteiger partial charge < -0.3 is 15.3 Å². The average Bonchev–Trinajstić information content (AvgIpc) is 2.90. The second-order valence-corrected chi connectivity index (χ2v) is 7.80. The van der Waals surface area contributed by atoms with Gasteiger partial charge in [0.15, 0.2) is 0 Å².